The highest BCUT2D eigenvalue weighted by molar-refractivity contribution is 6.74. The summed E-state index contributed by atoms with van der Waals surface area (Å²) in [6, 6.07) is 0. The molecule has 25 heavy (non-hydrogen) atoms. The standard InChI is InChI=1S/C20H38O4Si/c1-7-10-15-16(14-23-25(5,6)20(2,3)4)18(13-17(15)21)24-19-11-8-9-12-22-19/h7,15-19,21H,1,8-14H2,2-6H3/t15-,16-,17-,18-,19?/m1/s1. The van der Waals surface area contributed by atoms with Gasteiger partial charge in [0, 0.05) is 25.6 Å². The van der Waals surface area contributed by atoms with E-state index in [1.54, 1.807) is 0 Å². The number of aliphatic hydroxyl groups is 1. The molecule has 1 saturated carbocycles. The molecular weight excluding hydrogens is 332 g/mol. The summed E-state index contributed by atoms with van der Waals surface area (Å²) in [5.41, 5.74) is 0. The minimum absolute atomic E-state index is 0.00724. The molecule has 0 radical (unpaired) electrons. The highest BCUT2D eigenvalue weighted by Gasteiger charge is 2.46. The molecule has 5 atom stereocenters. The van der Waals surface area contributed by atoms with Crippen molar-refractivity contribution in [1.82, 2.24) is 0 Å². The summed E-state index contributed by atoms with van der Waals surface area (Å²) in [5, 5.41) is 10.7. The number of ether oxygens (including phenoxy) is 2. The van der Waals surface area contributed by atoms with E-state index in [-0.39, 0.29) is 35.4 Å². The number of allylic oxidation sites excluding steroid dienone is 1. The average Bonchev–Trinajstić information content (AvgIpc) is 2.81. The van der Waals surface area contributed by atoms with E-state index in [0.29, 0.717) is 13.0 Å². The van der Waals surface area contributed by atoms with Crippen molar-refractivity contribution in [2.75, 3.05) is 13.2 Å². The molecular formula is C20H38O4Si. The van der Waals surface area contributed by atoms with Crippen LogP contribution in [-0.4, -0.2) is 45.1 Å². The lowest BCUT2D eigenvalue weighted by atomic mass is 9.91. The van der Waals surface area contributed by atoms with Crippen molar-refractivity contribution in [2.45, 2.75) is 89.5 Å². The number of aliphatic hydroxyl groups excluding tert-OH is 1. The molecule has 0 bridgehead atoms. The lowest BCUT2D eigenvalue weighted by Crippen LogP contribution is -2.44. The summed E-state index contributed by atoms with van der Waals surface area (Å²) < 4.78 is 18.5. The predicted molar refractivity (Wildman–Crippen MR) is 104 cm³/mol. The fraction of sp³-hybridized carbons (Fsp3) is 0.900. The SMILES string of the molecule is C=CC[C@@H]1[C@@H](CO[Si](C)(C)C(C)(C)C)[C@H](OC2CCCCO2)C[C@H]1O. The van der Waals surface area contributed by atoms with E-state index in [1.807, 2.05) is 6.08 Å². The van der Waals surface area contributed by atoms with Crippen molar-refractivity contribution < 1.29 is 19.0 Å². The molecule has 1 saturated heterocycles. The van der Waals surface area contributed by atoms with Crippen LogP contribution < -0.4 is 0 Å². The van der Waals surface area contributed by atoms with Crippen LogP contribution in [0.15, 0.2) is 12.7 Å². The molecule has 2 rings (SSSR count). The second-order valence-electron chi connectivity index (χ2n) is 9.20. The lowest BCUT2D eigenvalue weighted by molar-refractivity contribution is -0.197. The molecule has 1 aliphatic carbocycles. The van der Waals surface area contributed by atoms with Gasteiger partial charge in [-0.05, 0) is 49.7 Å². The molecule has 2 aliphatic rings. The van der Waals surface area contributed by atoms with Gasteiger partial charge in [-0.15, -0.1) is 6.58 Å². The molecule has 1 N–H and O–H groups in total. The predicted octanol–water partition coefficient (Wildman–Crippen LogP) is 4.49. The van der Waals surface area contributed by atoms with Crippen LogP contribution in [0.3, 0.4) is 0 Å². The Morgan fingerprint density at radius 3 is 2.52 bits per heavy atom. The van der Waals surface area contributed by atoms with Crippen LogP contribution in [0, 0.1) is 11.8 Å². The zero-order valence-electron chi connectivity index (χ0n) is 16.8. The van der Waals surface area contributed by atoms with Crippen molar-refractivity contribution >= 4 is 8.32 Å². The maximum absolute atomic E-state index is 10.6. The van der Waals surface area contributed by atoms with Gasteiger partial charge in [0.2, 0.25) is 0 Å². The van der Waals surface area contributed by atoms with Gasteiger partial charge < -0.3 is 19.0 Å². The highest BCUT2D eigenvalue weighted by Crippen LogP contribution is 2.41. The first-order valence-corrected chi connectivity index (χ1v) is 12.8. The molecule has 0 aromatic rings. The summed E-state index contributed by atoms with van der Waals surface area (Å²) in [6.45, 7) is 16.6. The van der Waals surface area contributed by atoms with E-state index in [2.05, 4.69) is 40.4 Å². The Labute approximate surface area is 155 Å². The first-order chi connectivity index (χ1) is 11.7. The van der Waals surface area contributed by atoms with E-state index in [4.69, 9.17) is 13.9 Å². The van der Waals surface area contributed by atoms with Crippen molar-refractivity contribution in [2.24, 2.45) is 11.8 Å². The molecule has 146 valence electrons. The lowest BCUT2D eigenvalue weighted by Gasteiger charge is -2.38. The molecule has 0 aromatic heterocycles. The van der Waals surface area contributed by atoms with Crippen molar-refractivity contribution in [3.05, 3.63) is 12.7 Å². The van der Waals surface area contributed by atoms with Gasteiger partial charge in [0.05, 0.1) is 12.2 Å². The summed E-state index contributed by atoms with van der Waals surface area (Å²) in [6.07, 6.45) is 6.14. The zero-order chi connectivity index (χ0) is 18.7. The number of hydrogen-bond acceptors (Lipinski definition) is 4. The van der Waals surface area contributed by atoms with Crippen molar-refractivity contribution in [3.8, 4) is 0 Å². The fourth-order valence-corrected chi connectivity index (χ4v) is 4.64. The van der Waals surface area contributed by atoms with Gasteiger partial charge in [-0.1, -0.05) is 26.8 Å². The summed E-state index contributed by atoms with van der Waals surface area (Å²) in [7, 11) is -1.82. The van der Waals surface area contributed by atoms with Gasteiger partial charge >= 0.3 is 0 Å². The van der Waals surface area contributed by atoms with Crippen LogP contribution in [0.1, 0.15) is 52.9 Å². The fourth-order valence-electron chi connectivity index (χ4n) is 3.59. The normalized spacial score (nSPS) is 34.2. The van der Waals surface area contributed by atoms with Crippen LogP contribution in [0.5, 0.6) is 0 Å². The van der Waals surface area contributed by atoms with Gasteiger partial charge in [0.1, 0.15) is 0 Å². The molecule has 5 heteroatoms. The molecule has 1 heterocycles. The van der Waals surface area contributed by atoms with Gasteiger partial charge in [-0.2, -0.15) is 0 Å². The minimum Gasteiger partial charge on any atom is -0.416 e. The average molecular weight is 371 g/mol. The van der Waals surface area contributed by atoms with Gasteiger partial charge in [0.25, 0.3) is 0 Å². The van der Waals surface area contributed by atoms with Gasteiger partial charge in [-0.3, -0.25) is 0 Å². The van der Waals surface area contributed by atoms with E-state index in [9.17, 15) is 5.11 Å². The van der Waals surface area contributed by atoms with Crippen molar-refractivity contribution in [3.63, 3.8) is 0 Å². The third kappa shape index (κ3) is 5.39. The van der Waals surface area contributed by atoms with E-state index < -0.39 is 8.32 Å². The Morgan fingerprint density at radius 1 is 1.24 bits per heavy atom. The third-order valence-electron chi connectivity index (χ3n) is 6.34. The molecule has 2 fully saturated rings. The topological polar surface area (TPSA) is 47.9 Å². The molecule has 1 unspecified atom stereocenters. The number of hydrogen-bond donors (Lipinski definition) is 1. The second-order valence-corrected chi connectivity index (χ2v) is 14.0. The Bertz CT molecular complexity index is 426. The first-order valence-electron chi connectivity index (χ1n) is 9.85. The molecule has 0 aromatic carbocycles. The van der Waals surface area contributed by atoms with E-state index in [1.165, 1.54) is 0 Å². The Balaban J connectivity index is 2.04. The Morgan fingerprint density at radius 2 is 1.96 bits per heavy atom. The quantitative estimate of drug-likeness (QED) is 0.530. The summed E-state index contributed by atoms with van der Waals surface area (Å²) in [5.74, 6) is 0.364. The largest absolute Gasteiger partial charge is 0.416 e. The van der Waals surface area contributed by atoms with Crippen LogP contribution in [0.2, 0.25) is 18.1 Å². The summed E-state index contributed by atoms with van der Waals surface area (Å²) >= 11 is 0. The zero-order valence-corrected chi connectivity index (χ0v) is 17.8. The highest BCUT2D eigenvalue weighted by atomic mass is 28.4. The van der Waals surface area contributed by atoms with E-state index in [0.717, 1.165) is 32.3 Å². The Hall–Kier alpha value is -0.203. The minimum atomic E-state index is -1.82. The van der Waals surface area contributed by atoms with Crippen LogP contribution in [-0.2, 0) is 13.9 Å². The third-order valence-corrected chi connectivity index (χ3v) is 10.8. The molecule has 4 nitrogen and oxygen atoms in total. The monoisotopic (exact) mass is 370 g/mol. The summed E-state index contributed by atoms with van der Waals surface area (Å²) in [4.78, 5) is 0. The Kier molecular flexibility index (Phi) is 7.31. The maximum atomic E-state index is 10.6. The van der Waals surface area contributed by atoms with Crippen LogP contribution in [0.4, 0.5) is 0 Å². The van der Waals surface area contributed by atoms with Gasteiger partial charge in [0.15, 0.2) is 14.6 Å². The molecule has 1 aliphatic heterocycles. The van der Waals surface area contributed by atoms with Crippen LogP contribution >= 0.6 is 0 Å². The van der Waals surface area contributed by atoms with Gasteiger partial charge in [-0.25, -0.2) is 0 Å². The number of rotatable bonds is 7. The van der Waals surface area contributed by atoms with E-state index >= 15 is 0 Å². The van der Waals surface area contributed by atoms with Crippen LogP contribution in [0.25, 0.3) is 0 Å². The first kappa shape index (κ1) is 21.1. The maximum Gasteiger partial charge on any atom is 0.191 e. The second kappa shape index (κ2) is 8.66. The van der Waals surface area contributed by atoms with Crippen molar-refractivity contribution in [1.29, 1.82) is 0 Å². The molecule has 0 amide bonds. The smallest absolute Gasteiger partial charge is 0.191 e. The molecule has 0 spiro atoms.